The van der Waals surface area contributed by atoms with Crippen LogP contribution in [0.4, 0.5) is 0 Å². The van der Waals surface area contributed by atoms with Crippen molar-refractivity contribution in [2.75, 3.05) is 5.75 Å². The molecule has 0 saturated heterocycles. The Morgan fingerprint density at radius 3 is 2.47 bits per heavy atom. The van der Waals surface area contributed by atoms with E-state index in [0.717, 1.165) is 19.3 Å². The fourth-order valence-corrected chi connectivity index (χ4v) is 4.09. The molecule has 0 heterocycles. The Morgan fingerprint density at radius 1 is 1.21 bits per heavy atom. The van der Waals surface area contributed by atoms with Crippen molar-refractivity contribution in [2.45, 2.75) is 51.0 Å². The van der Waals surface area contributed by atoms with Gasteiger partial charge in [-0.15, -0.1) is 0 Å². The lowest BCUT2D eigenvalue weighted by atomic mass is 9.89. The van der Waals surface area contributed by atoms with Crippen LogP contribution in [0.15, 0.2) is 23.1 Å². The maximum atomic E-state index is 12.4. The largest absolute Gasteiger partial charge is 0.326 e. The molecule has 2 N–H and O–H groups in total. The predicted octanol–water partition coefficient (Wildman–Crippen LogP) is 2.32. The van der Waals surface area contributed by atoms with Gasteiger partial charge >= 0.3 is 0 Å². The van der Waals surface area contributed by atoms with Crippen molar-refractivity contribution >= 4 is 9.84 Å². The summed E-state index contributed by atoms with van der Waals surface area (Å²) in [6.45, 7) is 5.90. The Balaban J connectivity index is 2.25. The van der Waals surface area contributed by atoms with E-state index in [2.05, 4.69) is 0 Å². The third kappa shape index (κ3) is 3.18. The highest BCUT2D eigenvalue weighted by Crippen LogP contribution is 2.27. The third-order valence-electron chi connectivity index (χ3n) is 3.94. The zero-order chi connectivity index (χ0) is 14.3. The van der Waals surface area contributed by atoms with Crippen LogP contribution in [0.1, 0.15) is 38.3 Å². The number of hydrogen-bond donors (Lipinski definition) is 1. The minimum Gasteiger partial charge on any atom is -0.326 e. The predicted molar refractivity (Wildman–Crippen MR) is 78.0 cm³/mol. The van der Waals surface area contributed by atoms with Gasteiger partial charge in [0.05, 0.1) is 10.6 Å². The number of aryl methyl sites for hydroxylation is 2. The van der Waals surface area contributed by atoms with Gasteiger partial charge in [0.25, 0.3) is 0 Å². The van der Waals surface area contributed by atoms with Crippen molar-refractivity contribution in [3.63, 3.8) is 0 Å². The van der Waals surface area contributed by atoms with E-state index in [1.165, 1.54) is 11.1 Å². The molecule has 0 fully saturated rings. The van der Waals surface area contributed by atoms with Crippen LogP contribution in [0.3, 0.4) is 0 Å². The minimum atomic E-state index is -3.29. The lowest BCUT2D eigenvalue weighted by Crippen LogP contribution is -2.41. The monoisotopic (exact) mass is 281 g/mol. The smallest absolute Gasteiger partial charge is 0.179 e. The summed E-state index contributed by atoms with van der Waals surface area (Å²) < 4.78 is 24.8. The molecular formula is C15H23NO2S. The summed E-state index contributed by atoms with van der Waals surface area (Å²) in [7, 11) is -3.29. The lowest BCUT2D eigenvalue weighted by Gasteiger charge is -2.26. The van der Waals surface area contributed by atoms with Crippen LogP contribution < -0.4 is 5.73 Å². The van der Waals surface area contributed by atoms with Crippen molar-refractivity contribution < 1.29 is 8.42 Å². The Labute approximate surface area is 116 Å². The van der Waals surface area contributed by atoms with Gasteiger partial charge in [-0.1, -0.05) is 26.8 Å². The summed E-state index contributed by atoms with van der Waals surface area (Å²) in [6, 6.07) is 5.17. The molecule has 0 radical (unpaired) electrons. The lowest BCUT2D eigenvalue weighted by molar-refractivity contribution is 0.340. The number of sulfone groups is 1. The second-order valence-corrected chi connectivity index (χ2v) is 8.57. The van der Waals surface area contributed by atoms with E-state index in [0.29, 0.717) is 4.90 Å². The summed E-state index contributed by atoms with van der Waals surface area (Å²) in [5, 5.41) is 0. The number of fused-ring (bicyclic) bond motifs is 1. The Bertz CT molecular complexity index is 570. The molecule has 1 unspecified atom stereocenters. The van der Waals surface area contributed by atoms with Gasteiger partial charge in [-0.05, 0) is 47.9 Å². The summed E-state index contributed by atoms with van der Waals surface area (Å²) in [5.41, 5.74) is 8.28. The maximum absolute atomic E-state index is 12.4. The molecule has 106 valence electrons. The standard InChI is InChI=1S/C15H23NO2S/c1-15(2,3)14(16)10-19(17,18)13-8-7-11-5-4-6-12(11)9-13/h7-9,14H,4-6,10,16H2,1-3H3. The summed E-state index contributed by atoms with van der Waals surface area (Å²) in [4.78, 5) is 0.424. The van der Waals surface area contributed by atoms with Gasteiger partial charge < -0.3 is 5.73 Å². The zero-order valence-corrected chi connectivity index (χ0v) is 12.8. The van der Waals surface area contributed by atoms with Crippen molar-refractivity contribution in [3.8, 4) is 0 Å². The molecule has 1 aromatic rings. The SMILES string of the molecule is CC(C)(C)C(N)CS(=O)(=O)c1ccc2c(c1)CCC2. The molecule has 19 heavy (non-hydrogen) atoms. The topological polar surface area (TPSA) is 60.2 Å². The van der Waals surface area contributed by atoms with Gasteiger partial charge in [0.15, 0.2) is 9.84 Å². The van der Waals surface area contributed by atoms with Crippen LogP contribution in [0.2, 0.25) is 0 Å². The van der Waals surface area contributed by atoms with Crippen LogP contribution in [0, 0.1) is 5.41 Å². The van der Waals surface area contributed by atoms with Gasteiger partial charge in [-0.2, -0.15) is 0 Å². The number of nitrogens with two attached hydrogens (primary N) is 1. The molecule has 0 spiro atoms. The van der Waals surface area contributed by atoms with Crippen molar-refractivity contribution in [1.29, 1.82) is 0 Å². The first-order chi connectivity index (χ1) is 8.70. The zero-order valence-electron chi connectivity index (χ0n) is 11.9. The summed E-state index contributed by atoms with van der Waals surface area (Å²) in [5.74, 6) is 0.00921. The van der Waals surface area contributed by atoms with Crippen LogP contribution >= 0.6 is 0 Å². The average Bonchev–Trinajstić information content (AvgIpc) is 2.73. The summed E-state index contributed by atoms with van der Waals surface area (Å²) in [6.07, 6.45) is 3.18. The molecule has 1 aromatic carbocycles. The molecule has 0 saturated carbocycles. The van der Waals surface area contributed by atoms with Crippen LogP contribution in [0.25, 0.3) is 0 Å². The second-order valence-electron chi connectivity index (χ2n) is 6.54. The van der Waals surface area contributed by atoms with E-state index in [1.807, 2.05) is 32.9 Å². The van der Waals surface area contributed by atoms with Crippen LogP contribution in [0.5, 0.6) is 0 Å². The van der Waals surface area contributed by atoms with E-state index in [1.54, 1.807) is 6.07 Å². The molecule has 3 nitrogen and oxygen atoms in total. The molecule has 0 bridgehead atoms. The minimum absolute atomic E-state index is 0.00921. The third-order valence-corrected chi connectivity index (χ3v) is 5.71. The first-order valence-electron chi connectivity index (χ1n) is 6.80. The first kappa shape index (κ1) is 14.5. The molecule has 0 amide bonds. The van der Waals surface area contributed by atoms with Crippen molar-refractivity contribution in [1.82, 2.24) is 0 Å². The van der Waals surface area contributed by atoms with Crippen LogP contribution in [-0.4, -0.2) is 20.2 Å². The Kier molecular flexibility index (Phi) is 3.76. The molecule has 2 rings (SSSR count). The number of benzene rings is 1. The van der Waals surface area contributed by atoms with E-state index in [4.69, 9.17) is 5.73 Å². The second kappa shape index (κ2) is 4.91. The average molecular weight is 281 g/mol. The van der Waals surface area contributed by atoms with E-state index in [-0.39, 0.29) is 17.2 Å². The number of rotatable bonds is 3. The molecule has 4 heteroatoms. The fourth-order valence-electron chi connectivity index (χ4n) is 2.32. The highest BCUT2D eigenvalue weighted by atomic mass is 32.2. The van der Waals surface area contributed by atoms with Gasteiger partial charge in [-0.25, -0.2) is 8.42 Å². The molecule has 1 aliphatic carbocycles. The normalized spacial score (nSPS) is 17.3. The Morgan fingerprint density at radius 2 is 1.84 bits per heavy atom. The highest BCUT2D eigenvalue weighted by Gasteiger charge is 2.28. The van der Waals surface area contributed by atoms with Gasteiger partial charge in [0.2, 0.25) is 0 Å². The molecule has 1 aliphatic rings. The summed E-state index contributed by atoms with van der Waals surface area (Å²) >= 11 is 0. The highest BCUT2D eigenvalue weighted by molar-refractivity contribution is 7.91. The van der Waals surface area contributed by atoms with E-state index < -0.39 is 9.84 Å². The Hall–Kier alpha value is -0.870. The van der Waals surface area contributed by atoms with E-state index >= 15 is 0 Å². The van der Waals surface area contributed by atoms with Gasteiger partial charge in [0.1, 0.15) is 0 Å². The van der Waals surface area contributed by atoms with Gasteiger partial charge in [0, 0.05) is 6.04 Å². The van der Waals surface area contributed by atoms with Crippen molar-refractivity contribution in [2.24, 2.45) is 11.1 Å². The van der Waals surface area contributed by atoms with Gasteiger partial charge in [-0.3, -0.25) is 0 Å². The fraction of sp³-hybridized carbons (Fsp3) is 0.600. The molecule has 1 atom stereocenters. The quantitative estimate of drug-likeness (QED) is 0.925. The van der Waals surface area contributed by atoms with Crippen molar-refractivity contribution in [3.05, 3.63) is 29.3 Å². The molecular weight excluding hydrogens is 258 g/mol. The molecule has 0 aromatic heterocycles. The van der Waals surface area contributed by atoms with Crippen LogP contribution in [-0.2, 0) is 22.7 Å². The first-order valence-corrected chi connectivity index (χ1v) is 8.45. The maximum Gasteiger partial charge on any atom is 0.179 e. The molecule has 0 aliphatic heterocycles. The van der Waals surface area contributed by atoms with E-state index in [9.17, 15) is 8.42 Å². The number of hydrogen-bond acceptors (Lipinski definition) is 3.